The van der Waals surface area contributed by atoms with E-state index < -0.39 is 6.10 Å². The minimum absolute atomic E-state index is 0.120. The molecular weight excluding hydrogens is 336 g/mol. The van der Waals surface area contributed by atoms with E-state index in [0.717, 1.165) is 35.0 Å². The van der Waals surface area contributed by atoms with Gasteiger partial charge in [-0.25, -0.2) is 4.98 Å². The third-order valence-corrected chi connectivity index (χ3v) is 5.70. The Morgan fingerprint density at radius 1 is 1.44 bits per heavy atom. The van der Waals surface area contributed by atoms with Gasteiger partial charge in [0.05, 0.1) is 11.8 Å². The number of fused-ring (bicyclic) bond motifs is 3. The highest BCUT2D eigenvalue weighted by atomic mass is 32.1. The van der Waals surface area contributed by atoms with Crippen LogP contribution < -0.4 is 5.56 Å². The van der Waals surface area contributed by atoms with Gasteiger partial charge in [0, 0.05) is 4.88 Å². The van der Waals surface area contributed by atoms with Crippen molar-refractivity contribution in [1.82, 2.24) is 9.97 Å². The van der Waals surface area contributed by atoms with Crippen molar-refractivity contribution in [3.05, 3.63) is 26.6 Å². The number of aromatic amines is 1. The summed E-state index contributed by atoms with van der Waals surface area (Å²) in [7, 11) is 0. The molecule has 0 saturated heterocycles. The van der Waals surface area contributed by atoms with Crippen LogP contribution in [-0.2, 0) is 22.4 Å². The molecule has 3 rings (SSSR count). The van der Waals surface area contributed by atoms with Gasteiger partial charge >= 0.3 is 5.97 Å². The van der Waals surface area contributed by atoms with Crippen molar-refractivity contribution in [1.29, 1.82) is 0 Å². The molecule has 0 spiro atoms. The van der Waals surface area contributed by atoms with E-state index in [0.29, 0.717) is 18.2 Å². The lowest BCUT2D eigenvalue weighted by atomic mass is 9.89. The van der Waals surface area contributed by atoms with E-state index in [1.54, 1.807) is 18.3 Å². The smallest absolute Gasteiger partial charge is 0.307 e. The first-order valence-electron chi connectivity index (χ1n) is 8.88. The largest absolute Gasteiger partial charge is 0.454 e. The van der Waals surface area contributed by atoms with Crippen LogP contribution in [0.5, 0.6) is 0 Å². The Morgan fingerprint density at radius 3 is 2.84 bits per heavy atom. The Labute approximate surface area is 151 Å². The number of esters is 1. The third-order valence-electron chi connectivity index (χ3n) is 4.55. The number of carbonyl (C=O) groups is 1. The topological polar surface area (TPSA) is 72.0 Å². The maximum Gasteiger partial charge on any atom is 0.307 e. The SMILES string of the molecule is C[C@H]1CCc2c(sc3nc([C@@H](C)OC(=O)CC(C)(C)C)[nH]c(=O)c23)C1. The van der Waals surface area contributed by atoms with Crippen LogP contribution in [0.4, 0.5) is 0 Å². The van der Waals surface area contributed by atoms with Crippen molar-refractivity contribution in [3.8, 4) is 0 Å². The Hall–Kier alpha value is -1.69. The quantitative estimate of drug-likeness (QED) is 0.833. The zero-order valence-corrected chi connectivity index (χ0v) is 16.4. The molecule has 0 amide bonds. The molecule has 1 N–H and O–H groups in total. The number of thiophene rings is 1. The summed E-state index contributed by atoms with van der Waals surface area (Å²) in [6.45, 7) is 9.96. The molecular formula is C19H26N2O3S. The van der Waals surface area contributed by atoms with Crippen LogP contribution in [0.1, 0.15) is 69.8 Å². The lowest BCUT2D eigenvalue weighted by Crippen LogP contribution is -2.20. The van der Waals surface area contributed by atoms with Gasteiger partial charge in [-0.15, -0.1) is 11.3 Å². The summed E-state index contributed by atoms with van der Waals surface area (Å²) in [6, 6.07) is 0. The van der Waals surface area contributed by atoms with E-state index in [4.69, 9.17) is 4.74 Å². The molecule has 25 heavy (non-hydrogen) atoms. The molecule has 0 aromatic carbocycles. The van der Waals surface area contributed by atoms with Gasteiger partial charge in [0.25, 0.3) is 5.56 Å². The second kappa shape index (κ2) is 6.56. The minimum Gasteiger partial charge on any atom is -0.454 e. The summed E-state index contributed by atoms with van der Waals surface area (Å²) in [5.74, 6) is 0.796. The molecule has 136 valence electrons. The van der Waals surface area contributed by atoms with Crippen molar-refractivity contribution in [2.45, 2.75) is 66.4 Å². The van der Waals surface area contributed by atoms with Crippen LogP contribution in [0, 0.1) is 11.3 Å². The standard InChI is InChI=1S/C19H26N2O3S/c1-10-6-7-12-13(8-10)25-18-15(12)17(23)20-16(21-18)11(2)24-14(22)9-19(3,4)5/h10-11H,6-9H2,1-5H3,(H,20,21,23)/t10-,11+/m0/s1. The normalized spacial score (nSPS) is 18.8. The van der Waals surface area contributed by atoms with Gasteiger partial charge in [-0.1, -0.05) is 27.7 Å². The lowest BCUT2D eigenvalue weighted by molar-refractivity contribution is -0.151. The zero-order valence-electron chi connectivity index (χ0n) is 15.6. The van der Waals surface area contributed by atoms with Crippen molar-refractivity contribution < 1.29 is 9.53 Å². The Bertz CT molecular complexity index is 860. The fourth-order valence-corrected chi connectivity index (χ4v) is 4.68. The molecule has 1 aliphatic rings. The summed E-state index contributed by atoms with van der Waals surface area (Å²) in [6.07, 6.45) is 2.83. The van der Waals surface area contributed by atoms with E-state index in [2.05, 4.69) is 16.9 Å². The fourth-order valence-electron chi connectivity index (χ4n) is 3.29. The first-order chi connectivity index (χ1) is 11.6. The lowest BCUT2D eigenvalue weighted by Gasteiger charge is -2.19. The zero-order chi connectivity index (χ0) is 18.4. The molecule has 0 aliphatic heterocycles. The average Bonchev–Trinajstić information content (AvgIpc) is 2.82. The van der Waals surface area contributed by atoms with E-state index in [1.165, 1.54) is 4.88 Å². The van der Waals surface area contributed by atoms with Crippen LogP contribution in [-0.4, -0.2) is 15.9 Å². The third kappa shape index (κ3) is 3.94. The Kier molecular flexibility index (Phi) is 4.75. The molecule has 0 radical (unpaired) electrons. The van der Waals surface area contributed by atoms with Gasteiger partial charge in [0.2, 0.25) is 0 Å². The number of H-pyrrole nitrogens is 1. The molecule has 0 fully saturated rings. The molecule has 2 aromatic rings. The number of nitrogens with zero attached hydrogens (tertiary/aromatic N) is 1. The maximum absolute atomic E-state index is 12.6. The summed E-state index contributed by atoms with van der Waals surface area (Å²) in [5.41, 5.74) is 0.909. The van der Waals surface area contributed by atoms with Crippen molar-refractivity contribution >= 4 is 27.5 Å². The van der Waals surface area contributed by atoms with Gasteiger partial charge in [-0.05, 0) is 43.1 Å². The van der Waals surface area contributed by atoms with E-state index in [9.17, 15) is 9.59 Å². The highest BCUT2D eigenvalue weighted by Gasteiger charge is 2.25. The fraction of sp³-hybridized carbons (Fsp3) is 0.632. The van der Waals surface area contributed by atoms with Crippen molar-refractivity contribution in [2.75, 3.05) is 0 Å². The van der Waals surface area contributed by atoms with Gasteiger partial charge in [0.15, 0.2) is 11.9 Å². The van der Waals surface area contributed by atoms with Crippen molar-refractivity contribution in [2.24, 2.45) is 11.3 Å². The first-order valence-corrected chi connectivity index (χ1v) is 9.69. The van der Waals surface area contributed by atoms with Crippen molar-refractivity contribution in [3.63, 3.8) is 0 Å². The van der Waals surface area contributed by atoms with Gasteiger partial charge < -0.3 is 9.72 Å². The predicted molar refractivity (Wildman–Crippen MR) is 100 cm³/mol. The Balaban J connectivity index is 1.88. The number of rotatable bonds is 3. The summed E-state index contributed by atoms with van der Waals surface area (Å²) in [5, 5.41) is 0.726. The highest BCUT2D eigenvalue weighted by Crippen LogP contribution is 2.36. The summed E-state index contributed by atoms with van der Waals surface area (Å²) in [4.78, 5) is 34.1. The van der Waals surface area contributed by atoms with Crippen LogP contribution in [0.2, 0.25) is 0 Å². The monoisotopic (exact) mass is 362 g/mol. The van der Waals surface area contributed by atoms with Gasteiger partial charge in [0.1, 0.15) is 4.83 Å². The molecule has 5 nitrogen and oxygen atoms in total. The first kappa shape index (κ1) is 18.1. The number of aryl methyl sites for hydroxylation is 1. The molecule has 2 aromatic heterocycles. The molecule has 0 unspecified atom stereocenters. The molecule has 0 bridgehead atoms. The van der Waals surface area contributed by atoms with Crippen LogP contribution in [0.15, 0.2) is 4.79 Å². The highest BCUT2D eigenvalue weighted by molar-refractivity contribution is 7.18. The molecule has 2 atom stereocenters. The van der Waals surface area contributed by atoms with Crippen LogP contribution >= 0.6 is 11.3 Å². The molecule has 0 saturated carbocycles. The van der Waals surface area contributed by atoms with Crippen LogP contribution in [0.25, 0.3) is 10.2 Å². The van der Waals surface area contributed by atoms with E-state index in [1.807, 2.05) is 20.8 Å². The number of hydrogen-bond acceptors (Lipinski definition) is 5. The van der Waals surface area contributed by atoms with Gasteiger partial charge in [-0.3, -0.25) is 9.59 Å². The number of hydrogen-bond donors (Lipinski definition) is 1. The second-order valence-electron chi connectivity index (χ2n) is 8.35. The number of nitrogens with one attached hydrogen (secondary N) is 1. The number of aromatic nitrogens is 2. The average molecular weight is 362 g/mol. The van der Waals surface area contributed by atoms with Crippen LogP contribution in [0.3, 0.4) is 0 Å². The van der Waals surface area contributed by atoms with E-state index >= 15 is 0 Å². The van der Waals surface area contributed by atoms with E-state index in [-0.39, 0.29) is 16.9 Å². The number of carbonyl (C=O) groups excluding carboxylic acids is 1. The molecule has 2 heterocycles. The summed E-state index contributed by atoms with van der Waals surface area (Å²) < 4.78 is 5.47. The number of ether oxygens (including phenoxy) is 1. The second-order valence-corrected chi connectivity index (χ2v) is 9.44. The molecule has 6 heteroatoms. The summed E-state index contributed by atoms with van der Waals surface area (Å²) >= 11 is 1.61. The predicted octanol–water partition coefficient (Wildman–Crippen LogP) is 4.15. The minimum atomic E-state index is -0.565. The Morgan fingerprint density at radius 2 is 2.16 bits per heavy atom. The molecule has 1 aliphatic carbocycles. The maximum atomic E-state index is 12.6. The van der Waals surface area contributed by atoms with Gasteiger partial charge in [-0.2, -0.15) is 0 Å².